The lowest BCUT2D eigenvalue weighted by atomic mass is 10.0. The average Bonchev–Trinajstić information content (AvgIpc) is 2.27. The molecule has 1 aliphatic heterocycles. The van der Waals surface area contributed by atoms with Crippen LogP contribution in [0.2, 0.25) is 0 Å². The van der Waals surface area contributed by atoms with Crippen molar-refractivity contribution in [3.05, 3.63) is 29.6 Å². The lowest BCUT2D eigenvalue weighted by molar-refractivity contribution is 0.0841. The standard InChI is InChI=1S/C12H13ClFNO/c1-7-12(2,3)16-10-8(11(13)15-7)5-4-6-9(10)14/h4-7H,1-3H3/t7-/m0/s1. The van der Waals surface area contributed by atoms with Crippen molar-refractivity contribution in [3.63, 3.8) is 0 Å². The predicted molar refractivity (Wildman–Crippen MR) is 63.0 cm³/mol. The van der Waals surface area contributed by atoms with Crippen LogP contribution >= 0.6 is 11.6 Å². The van der Waals surface area contributed by atoms with Crippen LogP contribution in [0.3, 0.4) is 0 Å². The van der Waals surface area contributed by atoms with Gasteiger partial charge < -0.3 is 4.74 Å². The minimum atomic E-state index is -0.576. The van der Waals surface area contributed by atoms with Crippen molar-refractivity contribution in [2.24, 2.45) is 4.99 Å². The van der Waals surface area contributed by atoms with Gasteiger partial charge in [-0.2, -0.15) is 0 Å². The van der Waals surface area contributed by atoms with E-state index in [0.717, 1.165) is 0 Å². The molecule has 4 heteroatoms. The van der Waals surface area contributed by atoms with E-state index >= 15 is 0 Å². The number of hydrogen-bond acceptors (Lipinski definition) is 2. The zero-order valence-electron chi connectivity index (χ0n) is 9.42. The van der Waals surface area contributed by atoms with Crippen molar-refractivity contribution in [1.29, 1.82) is 0 Å². The smallest absolute Gasteiger partial charge is 0.166 e. The van der Waals surface area contributed by atoms with Crippen LogP contribution in [0, 0.1) is 5.82 Å². The SMILES string of the molecule is C[C@@H]1N=C(Cl)c2cccc(F)c2OC1(C)C. The molecule has 1 heterocycles. The van der Waals surface area contributed by atoms with Crippen molar-refractivity contribution in [2.45, 2.75) is 32.4 Å². The van der Waals surface area contributed by atoms with Crippen LogP contribution in [0.5, 0.6) is 5.75 Å². The Bertz CT molecular complexity index is 456. The van der Waals surface area contributed by atoms with E-state index < -0.39 is 11.4 Å². The molecule has 0 N–H and O–H groups in total. The maximum absolute atomic E-state index is 13.7. The molecule has 1 aromatic rings. The van der Waals surface area contributed by atoms with E-state index in [1.165, 1.54) is 6.07 Å². The van der Waals surface area contributed by atoms with Crippen LogP contribution in [0.25, 0.3) is 0 Å². The molecule has 1 atom stereocenters. The van der Waals surface area contributed by atoms with Crippen molar-refractivity contribution in [2.75, 3.05) is 0 Å². The summed E-state index contributed by atoms with van der Waals surface area (Å²) in [4.78, 5) is 4.30. The van der Waals surface area contributed by atoms with E-state index in [2.05, 4.69) is 4.99 Å². The average molecular weight is 242 g/mol. The Morgan fingerprint density at radius 2 is 2.12 bits per heavy atom. The van der Waals surface area contributed by atoms with Gasteiger partial charge in [-0.3, -0.25) is 4.99 Å². The van der Waals surface area contributed by atoms with Gasteiger partial charge in [0.1, 0.15) is 10.8 Å². The van der Waals surface area contributed by atoms with Gasteiger partial charge in [0.2, 0.25) is 0 Å². The number of fused-ring (bicyclic) bond motifs is 1. The van der Waals surface area contributed by atoms with E-state index in [1.807, 2.05) is 20.8 Å². The summed E-state index contributed by atoms with van der Waals surface area (Å²) in [6, 6.07) is 4.53. The van der Waals surface area contributed by atoms with Gasteiger partial charge in [0.25, 0.3) is 0 Å². The third-order valence-corrected chi connectivity index (χ3v) is 3.17. The molecular formula is C12H13ClFNO. The van der Waals surface area contributed by atoms with Crippen molar-refractivity contribution in [3.8, 4) is 5.75 Å². The first kappa shape index (κ1) is 11.4. The summed E-state index contributed by atoms with van der Waals surface area (Å²) in [7, 11) is 0. The molecule has 0 aliphatic carbocycles. The number of ether oxygens (including phenoxy) is 1. The van der Waals surface area contributed by atoms with Crippen LogP contribution in [-0.2, 0) is 0 Å². The first-order valence-corrected chi connectivity index (χ1v) is 5.51. The third kappa shape index (κ3) is 1.80. The number of rotatable bonds is 0. The van der Waals surface area contributed by atoms with E-state index in [9.17, 15) is 4.39 Å². The lowest BCUT2D eigenvalue weighted by Gasteiger charge is -2.28. The highest BCUT2D eigenvalue weighted by Crippen LogP contribution is 2.33. The van der Waals surface area contributed by atoms with Crippen LogP contribution in [0.1, 0.15) is 26.3 Å². The Labute approximate surface area is 99.1 Å². The van der Waals surface area contributed by atoms with Gasteiger partial charge in [-0.1, -0.05) is 17.7 Å². The van der Waals surface area contributed by atoms with Crippen LogP contribution < -0.4 is 4.74 Å². The highest BCUT2D eigenvalue weighted by molar-refractivity contribution is 6.70. The van der Waals surface area contributed by atoms with Crippen molar-refractivity contribution < 1.29 is 9.13 Å². The summed E-state index contributed by atoms with van der Waals surface area (Å²) in [6.45, 7) is 5.63. The fourth-order valence-electron chi connectivity index (χ4n) is 1.52. The maximum Gasteiger partial charge on any atom is 0.166 e. The van der Waals surface area contributed by atoms with Gasteiger partial charge >= 0.3 is 0 Å². The minimum absolute atomic E-state index is 0.133. The molecule has 16 heavy (non-hydrogen) atoms. The Hall–Kier alpha value is -1.09. The van der Waals surface area contributed by atoms with Gasteiger partial charge in [0, 0.05) is 0 Å². The van der Waals surface area contributed by atoms with Crippen LogP contribution in [0.15, 0.2) is 23.2 Å². The zero-order valence-corrected chi connectivity index (χ0v) is 10.2. The molecule has 86 valence electrons. The number of aliphatic imine (C=N–C) groups is 1. The number of para-hydroxylation sites is 1. The summed E-state index contributed by atoms with van der Waals surface area (Å²) in [5.74, 6) is -0.223. The minimum Gasteiger partial charge on any atom is -0.482 e. The Morgan fingerprint density at radius 1 is 1.44 bits per heavy atom. The molecule has 0 aromatic heterocycles. The Kier molecular flexibility index (Phi) is 2.66. The second kappa shape index (κ2) is 3.74. The quantitative estimate of drug-likeness (QED) is 0.683. The van der Waals surface area contributed by atoms with Crippen molar-refractivity contribution in [1.82, 2.24) is 0 Å². The molecule has 0 saturated carbocycles. The topological polar surface area (TPSA) is 21.6 Å². The Morgan fingerprint density at radius 3 is 2.81 bits per heavy atom. The van der Waals surface area contributed by atoms with Gasteiger partial charge in [0.15, 0.2) is 11.6 Å². The van der Waals surface area contributed by atoms with Gasteiger partial charge in [-0.25, -0.2) is 4.39 Å². The normalized spacial score (nSPS) is 22.8. The van der Waals surface area contributed by atoms with Crippen LogP contribution in [0.4, 0.5) is 4.39 Å². The number of nitrogens with zero attached hydrogens (tertiary/aromatic N) is 1. The number of hydrogen-bond donors (Lipinski definition) is 0. The van der Waals surface area contributed by atoms with Crippen molar-refractivity contribution >= 4 is 16.8 Å². The van der Waals surface area contributed by atoms with Crippen LogP contribution in [-0.4, -0.2) is 16.8 Å². The van der Waals surface area contributed by atoms with Gasteiger partial charge in [-0.05, 0) is 32.9 Å². The highest BCUT2D eigenvalue weighted by atomic mass is 35.5. The molecule has 0 spiro atoms. The van der Waals surface area contributed by atoms with E-state index in [1.54, 1.807) is 12.1 Å². The fourth-order valence-corrected chi connectivity index (χ4v) is 1.81. The summed E-state index contributed by atoms with van der Waals surface area (Å²) in [5.41, 5.74) is -0.0628. The molecule has 1 aromatic carbocycles. The summed E-state index contributed by atoms with van der Waals surface area (Å²) < 4.78 is 19.3. The maximum atomic E-state index is 13.7. The predicted octanol–water partition coefficient (Wildman–Crippen LogP) is 3.37. The summed E-state index contributed by atoms with van der Waals surface area (Å²) in [6.07, 6.45) is 0. The molecule has 0 amide bonds. The highest BCUT2D eigenvalue weighted by Gasteiger charge is 2.33. The first-order chi connectivity index (χ1) is 7.42. The summed E-state index contributed by atoms with van der Waals surface area (Å²) in [5, 5.41) is 0.299. The van der Waals surface area contributed by atoms with Gasteiger partial charge in [-0.15, -0.1) is 0 Å². The fraction of sp³-hybridized carbons (Fsp3) is 0.417. The Balaban J connectivity index is 2.62. The molecule has 2 rings (SSSR count). The van der Waals surface area contributed by atoms with E-state index in [0.29, 0.717) is 10.7 Å². The third-order valence-electron chi connectivity index (χ3n) is 2.87. The number of benzene rings is 1. The molecule has 0 fully saturated rings. The second-order valence-corrected chi connectivity index (χ2v) is 4.78. The molecule has 0 unspecified atom stereocenters. The molecule has 0 saturated heterocycles. The largest absolute Gasteiger partial charge is 0.482 e. The second-order valence-electron chi connectivity index (χ2n) is 4.42. The van der Waals surface area contributed by atoms with E-state index in [-0.39, 0.29) is 11.8 Å². The van der Waals surface area contributed by atoms with Gasteiger partial charge in [0.05, 0.1) is 11.6 Å². The molecule has 1 aliphatic rings. The number of halogens is 2. The molecule has 2 nitrogen and oxygen atoms in total. The molecule has 0 radical (unpaired) electrons. The first-order valence-electron chi connectivity index (χ1n) is 5.13. The molecular weight excluding hydrogens is 229 g/mol. The monoisotopic (exact) mass is 241 g/mol. The lowest BCUT2D eigenvalue weighted by Crippen LogP contribution is -2.38. The van der Waals surface area contributed by atoms with E-state index in [4.69, 9.17) is 16.3 Å². The zero-order chi connectivity index (χ0) is 11.9. The molecule has 0 bridgehead atoms. The summed E-state index contributed by atoms with van der Waals surface area (Å²) >= 11 is 6.05.